The Kier molecular flexibility index (Phi) is 7.14. The van der Waals surface area contributed by atoms with Crippen LogP contribution in [0.2, 0.25) is 0 Å². The summed E-state index contributed by atoms with van der Waals surface area (Å²) in [6, 6.07) is 24.0. The van der Waals surface area contributed by atoms with E-state index in [1.54, 1.807) is 35.2 Å². The van der Waals surface area contributed by atoms with Gasteiger partial charge in [-0.25, -0.2) is 12.4 Å². The molecule has 2 aliphatic rings. The molecule has 1 aliphatic carbocycles. The van der Waals surface area contributed by atoms with E-state index < -0.39 is 27.4 Å². The molecule has 9 heteroatoms. The predicted octanol–water partition coefficient (Wildman–Crippen LogP) is 5.21. The minimum Gasteiger partial charge on any atom is -0.497 e. The van der Waals surface area contributed by atoms with E-state index >= 15 is 0 Å². The van der Waals surface area contributed by atoms with E-state index in [1.165, 1.54) is 30.3 Å². The van der Waals surface area contributed by atoms with Crippen LogP contribution in [0.3, 0.4) is 0 Å². The maximum absolute atomic E-state index is 14.5. The maximum Gasteiger partial charge on any atom is 0.320 e. The molecule has 8 nitrogen and oxygen atoms in total. The van der Waals surface area contributed by atoms with Gasteiger partial charge in [-0.3, -0.25) is 9.59 Å². The number of rotatable bonds is 7. The fourth-order valence-corrected chi connectivity index (χ4v) is 8.16. The Morgan fingerprint density at radius 1 is 0.952 bits per heavy atom. The highest BCUT2D eigenvalue weighted by atomic mass is 32.2. The molecule has 1 saturated heterocycles. The van der Waals surface area contributed by atoms with Gasteiger partial charge in [0.15, 0.2) is 0 Å². The molecule has 2 atom stereocenters. The fraction of sp³-hybridized carbons (Fsp3) is 0.273. The number of esters is 1. The molecule has 1 aliphatic heterocycles. The third-order valence-corrected chi connectivity index (χ3v) is 10.2. The van der Waals surface area contributed by atoms with Gasteiger partial charge in [0.2, 0.25) is 5.91 Å². The van der Waals surface area contributed by atoms with Gasteiger partial charge in [0.05, 0.1) is 36.4 Å². The van der Waals surface area contributed by atoms with Crippen molar-refractivity contribution in [3.05, 3.63) is 108 Å². The van der Waals surface area contributed by atoms with E-state index in [1.807, 2.05) is 42.5 Å². The van der Waals surface area contributed by atoms with Crippen molar-refractivity contribution in [1.29, 1.82) is 0 Å². The predicted molar refractivity (Wildman–Crippen MR) is 159 cm³/mol. The van der Waals surface area contributed by atoms with Crippen LogP contribution in [0.25, 0.3) is 10.9 Å². The van der Waals surface area contributed by atoms with Crippen molar-refractivity contribution in [3.8, 4) is 5.75 Å². The molecule has 0 radical (unpaired) electrons. The van der Waals surface area contributed by atoms with Crippen LogP contribution in [0.4, 0.5) is 0 Å². The number of allylic oxidation sites excluding steroid dienone is 1. The number of likely N-dealkylation sites (tertiary alicyclic amines) is 1. The molecule has 1 amide bonds. The van der Waals surface area contributed by atoms with Crippen LogP contribution in [0.15, 0.2) is 101 Å². The second-order valence-electron chi connectivity index (χ2n) is 10.7. The summed E-state index contributed by atoms with van der Waals surface area (Å²) in [4.78, 5) is 29.6. The molecule has 3 aromatic carbocycles. The normalized spacial score (nSPS) is 20.6. The lowest BCUT2D eigenvalue weighted by Crippen LogP contribution is -2.61. The number of aromatic nitrogens is 1. The molecule has 0 saturated carbocycles. The Labute approximate surface area is 245 Å². The fourth-order valence-electron chi connectivity index (χ4n) is 6.57. The van der Waals surface area contributed by atoms with Crippen molar-refractivity contribution in [3.63, 3.8) is 0 Å². The lowest BCUT2D eigenvalue weighted by Gasteiger charge is -2.50. The Morgan fingerprint density at radius 3 is 2.38 bits per heavy atom. The Bertz CT molecular complexity index is 1790. The van der Waals surface area contributed by atoms with Gasteiger partial charge in [-0.15, -0.1) is 0 Å². The van der Waals surface area contributed by atoms with Crippen molar-refractivity contribution in [2.75, 3.05) is 14.2 Å². The molecule has 42 heavy (non-hydrogen) atoms. The number of hydrogen-bond donors (Lipinski definition) is 0. The number of nitrogens with zero attached hydrogens (tertiary/aromatic N) is 2. The van der Waals surface area contributed by atoms with Gasteiger partial charge < -0.3 is 14.4 Å². The molecule has 0 unspecified atom stereocenters. The van der Waals surface area contributed by atoms with E-state index in [2.05, 4.69) is 6.08 Å². The van der Waals surface area contributed by atoms with Crippen LogP contribution >= 0.6 is 0 Å². The quantitative estimate of drug-likeness (QED) is 0.219. The summed E-state index contributed by atoms with van der Waals surface area (Å²) in [6.07, 6.45) is 3.74. The van der Waals surface area contributed by atoms with E-state index in [-0.39, 0.29) is 29.5 Å². The van der Waals surface area contributed by atoms with Crippen molar-refractivity contribution in [2.45, 2.75) is 48.6 Å². The highest BCUT2D eigenvalue weighted by Crippen LogP contribution is 2.49. The van der Waals surface area contributed by atoms with Crippen LogP contribution < -0.4 is 4.74 Å². The standard InChI is InChI=1S/C33H32N2O6S/c1-40-26-15-17-27(18-16-26)42(38,39)35-28-13-7-6-11-25(28)21-29(35)33(32(37)41-2)20-8-12-24-14-19-30(36)34(31(24)33)22-23-9-4-3-5-10-23/h3-7,9-13,15-18,21,31H,8,14,19-20,22H2,1-2H3/t31-,33-/m0/s1. The van der Waals surface area contributed by atoms with Gasteiger partial charge in [-0.1, -0.05) is 54.6 Å². The molecule has 216 valence electrons. The first-order valence-electron chi connectivity index (χ1n) is 13.9. The minimum atomic E-state index is -4.20. The minimum absolute atomic E-state index is 0.0540. The largest absolute Gasteiger partial charge is 0.497 e. The number of methoxy groups -OCH3 is 2. The van der Waals surface area contributed by atoms with Crippen LogP contribution in [-0.2, 0) is 36.3 Å². The van der Waals surface area contributed by atoms with Gasteiger partial charge in [0.1, 0.15) is 11.2 Å². The molecule has 1 aromatic heterocycles. The van der Waals surface area contributed by atoms with Gasteiger partial charge >= 0.3 is 5.97 Å². The highest BCUT2D eigenvalue weighted by Gasteiger charge is 2.57. The number of ether oxygens (including phenoxy) is 2. The summed E-state index contributed by atoms with van der Waals surface area (Å²) < 4.78 is 41.0. The molecule has 1 fully saturated rings. The van der Waals surface area contributed by atoms with Crippen molar-refractivity contribution in [2.24, 2.45) is 0 Å². The number of hydrogen-bond acceptors (Lipinski definition) is 6. The molecular formula is C33H32N2O6S. The number of benzene rings is 3. The summed E-state index contributed by atoms with van der Waals surface area (Å²) in [7, 11) is -1.37. The van der Waals surface area contributed by atoms with Crippen LogP contribution in [0, 0.1) is 0 Å². The first-order chi connectivity index (χ1) is 20.3. The second-order valence-corrected chi connectivity index (χ2v) is 12.5. The van der Waals surface area contributed by atoms with E-state index in [0.29, 0.717) is 35.9 Å². The van der Waals surface area contributed by atoms with Crippen LogP contribution in [0.5, 0.6) is 5.75 Å². The van der Waals surface area contributed by atoms with E-state index in [0.717, 1.165) is 11.1 Å². The number of amides is 1. The van der Waals surface area contributed by atoms with Crippen molar-refractivity contribution >= 4 is 32.8 Å². The SMILES string of the molecule is COC(=O)[C@]1(c2cc3ccccc3n2S(=O)(=O)c2ccc(OC)cc2)CCC=C2CCC(=O)N(Cc3ccccc3)[C@@H]21. The zero-order chi connectivity index (χ0) is 29.5. The smallest absolute Gasteiger partial charge is 0.320 e. The summed E-state index contributed by atoms with van der Waals surface area (Å²) in [6.45, 7) is 0.284. The van der Waals surface area contributed by atoms with Crippen LogP contribution in [-0.4, -0.2) is 49.4 Å². The lowest BCUT2D eigenvalue weighted by atomic mass is 9.65. The van der Waals surface area contributed by atoms with Crippen LogP contribution in [0.1, 0.15) is 36.9 Å². The first-order valence-corrected chi connectivity index (χ1v) is 15.4. The molecule has 4 aromatic rings. The highest BCUT2D eigenvalue weighted by molar-refractivity contribution is 7.90. The zero-order valence-electron chi connectivity index (χ0n) is 23.5. The summed E-state index contributed by atoms with van der Waals surface area (Å²) >= 11 is 0. The zero-order valence-corrected chi connectivity index (χ0v) is 24.3. The molecule has 0 bridgehead atoms. The first kappa shape index (κ1) is 27.8. The molecule has 2 heterocycles. The van der Waals surface area contributed by atoms with Gasteiger partial charge in [0, 0.05) is 18.4 Å². The van der Waals surface area contributed by atoms with Gasteiger partial charge in [0.25, 0.3) is 10.0 Å². The Balaban J connectivity index is 1.63. The van der Waals surface area contributed by atoms with Crippen molar-refractivity contribution < 1.29 is 27.5 Å². The van der Waals surface area contributed by atoms with Gasteiger partial charge in [-0.05, 0) is 66.8 Å². The topological polar surface area (TPSA) is 94.9 Å². The number of piperidine rings is 1. The average molecular weight is 585 g/mol. The number of fused-ring (bicyclic) bond motifs is 2. The van der Waals surface area contributed by atoms with E-state index in [4.69, 9.17) is 9.47 Å². The third kappa shape index (κ3) is 4.39. The second kappa shape index (κ2) is 10.8. The number of carbonyl (C=O) groups is 2. The van der Waals surface area contributed by atoms with Gasteiger partial charge in [-0.2, -0.15) is 0 Å². The molecule has 0 N–H and O–H groups in total. The van der Waals surface area contributed by atoms with Crippen molar-refractivity contribution in [1.82, 2.24) is 8.87 Å². The van der Waals surface area contributed by atoms with E-state index in [9.17, 15) is 18.0 Å². The third-order valence-electron chi connectivity index (χ3n) is 8.49. The number of carbonyl (C=O) groups excluding carboxylic acids is 2. The average Bonchev–Trinajstić information content (AvgIpc) is 3.43. The summed E-state index contributed by atoms with van der Waals surface area (Å²) in [5.41, 5.74) is 1.13. The Hall–Kier alpha value is -4.37. The molecule has 0 spiro atoms. The summed E-state index contributed by atoms with van der Waals surface area (Å²) in [5, 5.41) is 0.667. The number of para-hydroxylation sites is 1. The monoisotopic (exact) mass is 584 g/mol. The molecule has 6 rings (SSSR count). The maximum atomic E-state index is 14.5. The molecular weight excluding hydrogens is 552 g/mol. The summed E-state index contributed by atoms with van der Waals surface area (Å²) in [5.74, 6) is -0.131. The Morgan fingerprint density at radius 2 is 1.67 bits per heavy atom. The lowest BCUT2D eigenvalue weighted by molar-refractivity contribution is -0.154.